The van der Waals surface area contributed by atoms with Crippen LogP contribution in [0.4, 0.5) is 0 Å². The normalized spacial score (nSPS) is 25.9. The molecule has 19 heavy (non-hydrogen) atoms. The summed E-state index contributed by atoms with van der Waals surface area (Å²) in [7, 11) is 2.09. The molecule has 1 fully saturated rings. The Morgan fingerprint density at radius 2 is 2.26 bits per heavy atom. The molecule has 0 bridgehead atoms. The Kier molecular flexibility index (Phi) is 9.38. The number of ether oxygens (including phenoxy) is 1. The zero-order valence-corrected chi connectivity index (χ0v) is 13.0. The minimum Gasteiger partial charge on any atom is -0.434 e. The summed E-state index contributed by atoms with van der Waals surface area (Å²) in [4.78, 5) is 0. The molecule has 1 radical (unpaired) electrons. The van der Waals surface area contributed by atoms with Crippen LogP contribution >= 0.6 is 19.9 Å². The van der Waals surface area contributed by atoms with Gasteiger partial charge in [0.15, 0.2) is 0 Å². The molecule has 7 heteroatoms. The van der Waals surface area contributed by atoms with Crippen molar-refractivity contribution < 1.29 is 19.6 Å². The van der Waals surface area contributed by atoms with Gasteiger partial charge in [-0.1, -0.05) is 19.8 Å². The minimum atomic E-state index is -0.503. The molecule has 1 aliphatic rings. The lowest BCUT2D eigenvalue weighted by Gasteiger charge is -2.32. The Hall–Kier alpha value is 0.425. The van der Waals surface area contributed by atoms with Crippen molar-refractivity contribution in [2.45, 2.75) is 50.4 Å². The summed E-state index contributed by atoms with van der Waals surface area (Å²) in [5.74, 6) is 0. The molecule has 0 spiro atoms. The van der Waals surface area contributed by atoms with Crippen LogP contribution in [0.3, 0.4) is 0 Å². The van der Waals surface area contributed by atoms with Gasteiger partial charge in [-0.25, -0.2) is 0 Å². The van der Waals surface area contributed by atoms with Crippen molar-refractivity contribution in [1.29, 1.82) is 0 Å². The third kappa shape index (κ3) is 7.69. The fourth-order valence-corrected chi connectivity index (χ4v) is 2.69. The third-order valence-corrected chi connectivity index (χ3v) is 3.70. The molecule has 1 unspecified atom stereocenters. The van der Waals surface area contributed by atoms with E-state index in [-0.39, 0.29) is 18.8 Å². The van der Waals surface area contributed by atoms with Gasteiger partial charge in [0.05, 0.1) is 18.3 Å². The van der Waals surface area contributed by atoms with Crippen LogP contribution < -0.4 is 0 Å². The van der Waals surface area contributed by atoms with Gasteiger partial charge in [0.2, 0.25) is 0 Å². The number of aliphatic hydroxyl groups excluding tert-OH is 2. The maximum Gasteiger partial charge on any atom is 0.332 e. The summed E-state index contributed by atoms with van der Waals surface area (Å²) in [6, 6.07) is 0. The van der Waals surface area contributed by atoms with Crippen molar-refractivity contribution in [1.82, 2.24) is 0 Å². The lowest BCUT2D eigenvalue weighted by atomic mass is 9.94. The van der Waals surface area contributed by atoms with Gasteiger partial charge in [-0.05, 0) is 32.1 Å². The largest absolute Gasteiger partial charge is 0.434 e. The number of hydrogen-bond acceptors (Lipinski definition) is 5. The monoisotopic (exact) mass is 305 g/mol. The standard InChI is InChI=1S/C12H23BO4PS/c1-9-6-11(3-5-16-13-18-19)17-12(7-9)8-10(15)2-4-14/h10-12,14-15,18-19H,1-8H2/t10-,11-,12+/m0/s1. The van der Waals surface area contributed by atoms with Crippen LogP contribution in [-0.4, -0.2) is 48.9 Å². The highest BCUT2D eigenvalue weighted by molar-refractivity contribution is 8.46. The van der Waals surface area contributed by atoms with E-state index >= 15 is 0 Å². The molecule has 0 aromatic rings. The van der Waals surface area contributed by atoms with Crippen LogP contribution in [0.2, 0.25) is 0 Å². The lowest BCUT2D eigenvalue weighted by Crippen LogP contribution is -2.32. The first-order valence-corrected chi connectivity index (χ1v) is 8.96. The summed E-state index contributed by atoms with van der Waals surface area (Å²) in [5.41, 5.74) is 1.16. The van der Waals surface area contributed by atoms with Gasteiger partial charge in [0, 0.05) is 13.2 Å². The SMILES string of the molecule is C=C1C[C@H](C[C@@H](O)CCO)O[C@@H](CCO[B]PS)C1. The average Bonchev–Trinajstić information content (AvgIpc) is 2.34. The highest BCUT2D eigenvalue weighted by Crippen LogP contribution is 2.28. The maximum absolute atomic E-state index is 9.71. The van der Waals surface area contributed by atoms with Gasteiger partial charge in [0.25, 0.3) is 0 Å². The highest BCUT2D eigenvalue weighted by Gasteiger charge is 2.26. The Labute approximate surface area is 123 Å². The quantitative estimate of drug-likeness (QED) is 0.199. The third-order valence-electron chi connectivity index (χ3n) is 3.11. The van der Waals surface area contributed by atoms with Crippen LogP contribution in [0, 0.1) is 0 Å². The molecule has 0 aromatic heterocycles. The van der Waals surface area contributed by atoms with Crippen LogP contribution in [0.25, 0.3) is 0 Å². The highest BCUT2D eigenvalue weighted by atomic mass is 32.7. The van der Waals surface area contributed by atoms with E-state index in [1.165, 1.54) is 0 Å². The van der Waals surface area contributed by atoms with E-state index in [0.717, 1.165) is 24.8 Å². The van der Waals surface area contributed by atoms with Gasteiger partial charge in [-0.2, -0.15) is 12.2 Å². The summed E-state index contributed by atoms with van der Waals surface area (Å²) < 4.78 is 11.2. The first-order valence-electron chi connectivity index (χ1n) is 6.59. The topological polar surface area (TPSA) is 58.9 Å². The summed E-state index contributed by atoms with van der Waals surface area (Å²) >= 11 is 4.06. The van der Waals surface area contributed by atoms with Crippen molar-refractivity contribution in [3.63, 3.8) is 0 Å². The second-order valence-electron chi connectivity index (χ2n) is 4.85. The molecule has 1 heterocycles. The molecule has 4 atom stereocenters. The van der Waals surface area contributed by atoms with Gasteiger partial charge < -0.3 is 19.6 Å². The number of aliphatic hydroxyl groups is 2. The molecule has 4 nitrogen and oxygen atoms in total. The van der Waals surface area contributed by atoms with Crippen molar-refractivity contribution in [2.24, 2.45) is 0 Å². The predicted octanol–water partition coefficient (Wildman–Crippen LogP) is 1.69. The maximum atomic E-state index is 9.71. The van der Waals surface area contributed by atoms with E-state index in [1.54, 1.807) is 7.20 Å². The van der Waals surface area contributed by atoms with Crippen LogP contribution in [0.5, 0.6) is 0 Å². The smallest absolute Gasteiger partial charge is 0.332 e. The van der Waals surface area contributed by atoms with Gasteiger partial charge in [-0.3, -0.25) is 0 Å². The summed E-state index contributed by atoms with van der Waals surface area (Å²) in [6.45, 7) is 4.67. The number of thiol groups is 1. The second-order valence-corrected chi connectivity index (χ2v) is 6.12. The Morgan fingerprint density at radius 3 is 2.95 bits per heavy atom. The first kappa shape index (κ1) is 17.5. The molecule has 0 aliphatic carbocycles. The van der Waals surface area contributed by atoms with Crippen molar-refractivity contribution in [3.05, 3.63) is 12.2 Å². The van der Waals surface area contributed by atoms with Gasteiger partial charge >= 0.3 is 7.20 Å². The van der Waals surface area contributed by atoms with E-state index in [1.807, 2.05) is 0 Å². The van der Waals surface area contributed by atoms with Crippen molar-refractivity contribution in [2.75, 3.05) is 13.2 Å². The molecule has 0 amide bonds. The van der Waals surface area contributed by atoms with Crippen LogP contribution in [0.15, 0.2) is 12.2 Å². The zero-order valence-electron chi connectivity index (χ0n) is 11.1. The van der Waals surface area contributed by atoms with Crippen molar-refractivity contribution >= 4 is 27.1 Å². The molecule has 1 saturated heterocycles. The van der Waals surface area contributed by atoms with E-state index < -0.39 is 6.10 Å². The van der Waals surface area contributed by atoms with E-state index in [2.05, 4.69) is 18.8 Å². The molecular formula is C12H23BO4PS. The number of rotatable bonds is 9. The van der Waals surface area contributed by atoms with Crippen LogP contribution in [0.1, 0.15) is 32.1 Å². The van der Waals surface area contributed by atoms with E-state index in [9.17, 15) is 5.11 Å². The Bertz CT molecular complexity index is 270. The molecule has 1 rings (SSSR count). The molecule has 109 valence electrons. The molecular weight excluding hydrogens is 282 g/mol. The van der Waals surface area contributed by atoms with E-state index in [0.29, 0.717) is 27.1 Å². The molecule has 1 aliphatic heterocycles. The van der Waals surface area contributed by atoms with Gasteiger partial charge in [-0.15, -0.1) is 0 Å². The lowest BCUT2D eigenvalue weighted by molar-refractivity contribution is -0.0604. The Balaban J connectivity index is 2.29. The first-order chi connectivity index (χ1) is 9.15. The van der Waals surface area contributed by atoms with E-state index in [4.69, 9.17) is 14.5 Å². The van der Waals surface area contributed by atoms with Crippen LogP contribution in [-0.2, 0) is 9.39 Å². The minimum absolute atomic E-state index is 0.00327. The predicted molar refractivity (Wildman–Crippen MR) is 83.0 cm³/mol. The zero-order chi connectivity index (χ0) is 14.1. The number of hydrogen-bond donors (Lipinski definition) is 3. The summed E-state index contributed by atoms with van der Waals surface area (Å²) in [5, 5.41) is 18.5. The Morgan fingerprint density at radius 1 is 1.53 bits per heavy atom. The molecule has 0 aromatic carbocycles. The summed E-state index contributed by atoms with van der Waals surface area (Å²) in [6.07, 6.45) is 3.05. The van der Waals surface area contributed by atoms with Gasteiger partial charge in [0.1, 0.15) is 0 Å². The molecule has 0 saturated carbocycles. The fourth-order valence-electron chi connectivity index (χ4n) is 2.27. The van der Waals surface area contributed by atoms with Crippen molar-refractivity contribution in [3.8, 4) is 0 Å². The fraction of sp³-hybridized carbons (Fsp3) is 0.833. The molecule has 2 N–H and O–H groups in total. The second kappa shape index (κ2) is 10.2. The average molecular weight is 305 g/mol.